The largest absolute Gasteiger partial charge is 0.507 e. The van der Waals surface area contributed by atoms with Gasteiger partial charge in [0.25, 0.3) is 11.7 Å². The SMILES string of the molecule is CCOc1cccc(C2/C(=C(/O)c3ccc4c(c3)OCCO4)C(=O)C(=O)N2c2ccccc2C)c1. The normalized spacial score (nSPS) is 18.6. The van der Waals surface area contributed by atoms with E-state index in [2.05, 4.69) is 0 Å². The zero-order chi connectivity index (χ0) is 24.5. The minimum absolute atomic E-state index is 0.00331. The highest BCUT2D eigenvalue weighted by Crippen LogP contribution is 2.44. The number of hydrogen-bond acceptors (Lipinski definition) is 6. The topological polar surface area (TPSA) is 85.3 Å². The van der Waals surface area contributed by atoms with Crippen molar-refractivity contribution in [2.45, 2.75) is 19.9 Å². The van der Waals surface area contributed by atoms with Gasteiger partial charge in [-0.3, -0.25) is 14.5 Å². The van der Waals surface area contributed by atoms with Gasteiger partial charge in [0.1, 0.15) is 24.7 Å². The molecule has 3 aromatic rings. The molecule has 7 heteroatoms. The van der Waals surface area contributed by atoms with Crippen molar-refractivity contribution in [3.8, 4) is 17.2 Å². The second kappa shape index (κ2) is 9.18. The molecule has 1 saturated heterocycles. The Morgan fingerprint density at radius 2 is 1.77 bits per heavy atom. The molecule has 0 aromatic heterocycles. The van der Waals surface area contributed by atoms with Crippen LogP contribution in [0.3, 0.4) is 0 Å². The Kier molecular flexibility index (Phi) is 5.91. The summed E-state index contributed by atoms with van der Waals surface area (Å²) in [6, 6.07) is 18.7. The van der Waals surface area contributed by atoms with Crippen molar-refractivity contribution in [3.63, 3.8) is 0 Å². The average Bonchev–Trinajstić information content (AvgIpc) is 3.14. The summed E-state index contributed by atoms with van der Waals surface area (Å²) in [5.41, 5.74) is 2.45. The summed E-state index contributed by atoms with van der Waals surface area (Å²) in [6.07, 6.45) is 0. The number of carbonyl (C=O) groups excluding carboxylic acids is 2. The van der Waals surface area contributed by atoms with Gasteiger partial charge < -0.3 is 19.3 Å². The maximum Gasteiger partial charge on any atom is 0.300 e. The van der Waals surface area contributed by atoms with E-state index < -0.39 is 17.7 Å². The molecule has 7 nitrogen and oxygen atoms in total. The van der Waals surface area contributed by atoms with Crippen LogP contribution < -0.4 is 19.1 Å². The fraction of sp³-hybridized carbons (Fsp3) is 0.214. The summed E-state index contributed by atoms with van der Waals surface area (Å²) in [5, 5.41) is 11.4. The second-order valence-electron chi connectivity index (χ2n) is 8.32. The third kappa shape index (κ3) is 3.99. The summed E-state index contributed by atoms with van der Waals surface area (Å²) in [4.78, 5) is 28.2. The number of anilines is 1. The van der Waals surface area contributed by atoms with Crippen molar-refractivity contribution < 1.29 is 28.9 Å². The standard InChI is InChI=1S/C28H25NO6/c1-3-33-20-9-6-8-18(15-20)25-24(26(30)19-11-12-22-23(16-19)35-14-13-34-22)27(31)28(32)29(25)21-10-5-4-7-17(21)2/h4-12,15-16,25,30H,3,13-14H2,1-2H3/b26-24-. The maximum atomic E-state index is 13.4. The molecule has 2 aliphatic heterocycles. The Morgan fingerprint density at radius 1 is 1.00 bits per heavy atom. The highest BCUT2D eigenvalue weighted by Gasteiger charge is 2.47. The number of carbonyl (C=O) groups is 2. The first-order valence-electron chi connectivity index (χ1n) is 11.5. The third-order valence-electron chi connectivity index (χ3n) is 6.12. The van der Waals surface area contributed by atoms with E-state index >= 15 is 0 Å². The Hall–Kier alpha value is -4.26. The van der Waals surface area contributed by atoms with Crippen molar-refractivity contribution in [3.05, 3.63) is 89.0 Å². The first-order chi connectivity index (χ1) is 17.0. The van der Waals surface area contributed by atoms with Crippen LogP contribution in [0.4, 0.5) is 5.69 Å². The van der Waals surface area contributed by atoms with Crippen molar-refractivity contribution in [2.24, 2.45) is 0 Å². The fourth-order valence-electron chi connectivity index (χ4n) is 4.52. The minimum Gasteiger partial charge on any atom is -0.507 e. The number of amides is 1. The van der Waals surface area contributed by atoms with Crippen LogP contribution in [0.1, 0.15) is 29.7 Å². The van der Waals surface area contributed by atoms with Crippen molar-refractivity contribution in [2.75, 3.05) is 24.7 Å². The molecule has 0 saturated carbocycles. The number of fused-ring (bicyclic) bond motifs is 1. The average molecular weight is 472 g/mol. The molecular weight excluding hydrogens is 446 g/mol. The number of Topliss-reactive ketones (excluding diaryl/α,β-unsaturated/α-hetero) is 1. The van der Waals surface area contributed by atoms with Crippen molar-refractivity contribution >= 4 is 23.1 Å². The van der Waals surface area contributed by atoms with E-state index in [9.17, 15) is 14.7 Å². The molecule has 35 heavy (non-hydrogen) atoms. The molecule has 1 atom stereocenters. The zero-order valence-electron chi connectivity index (χ0n) is 19.5. The Bertz CT molecular complexity index is 1340. The first kappa shape index (κ1) is 22.5. The van der Waals surface area contributed by atoms with E-state index in [4.69, 9.17) is 14.2 Å². The minimum atomic E-state index is -0.843. The van der Waals surface area contributed by atoms with Crippen LogP contribution in [0.25, 0.3) is 5.76 Å². The smallest absolute Gasteiger partial charge is 0.300 e. The number of aliphatic hydroxyl groups is 1. The van der Waals surface area contributed by atoms with Gasteiger partial charge in [-0.05, 0) is 61.4 Å². The van der Waals surface area contributed by atoms with Crippen molar-refractivity contribution in [1.82, 2.24) is 0 Å². The van der Waals surface area contributed by atoms with Gasteiger partial charge in [0, 0.05) is 11.3 Å². The quantitative estimate of drug-likeness (QED) is 0.327. The van der Waals surface area contributed by atoms with E-state index in [-0.39, 0.29) is 11.3 Å². The molecule has 2 aliphatic rings. The van der Waals surface area contributed by atoms with E-state index in [1.807, 2.05) is 50.2 Å². The fourth-order valence-corrected chi connectivity index (χ4v) is 4.52. The molecule has 1 unspecified atom stereocenters. The summed E-state index contributed by atoms with van der Waals surface area (Å²) in [6.45, 7) is 5.06. The van der Waals surface area contributed by atoms with Crippen LogP contribution >= 0.6 is 0 Å². The summed E-state index contributed by atoms with van der Waals surface area (Å²) in [5.74, 6) is -0.0852. The number of aryl methyl sites for hydroxylation is 1. The van der Waals surface area contributed by atoms with Crippen LogP contribution in [0.2, 0.25) is 0 Å². The molecule has 1 amide bonds. The van der Waals surface area contributed by atoms with Gasteiger partial charge in [0.15, 0.2) is 11.5 Å². The Balaban J connectivity index is 1.71. The van der Waals surface area contributed by atoms with Crippen LogP contribution in [0.15, 0.2) is 72.3 Å². The molecule has 3 aromatic carbocycles. The molecular formula is C28H25NO6. The Morgan fingerprint density at radius 3 is 2.54 bits per heavy atom. The monoisotopic (exact) mass is 471 g/mol. The number of aliphatic hydroxyl groups excluding tert-OH is 1. The summed E-state index contributed by atoms with van der Waals surface area (Å²) < 4.78 is 16.9. The van der Waals surface area contributed by atoms with Crippen LogP contribution in [-0.2, 0) is 9.59 Å². The van der Waals surface area contributed by atoms with Gasteiger partial charge in [-0.15, -0.1) is 0 Å². The van der Waals surface area contributed by atoms with E-state index in [1.165, 1.54) is 4.90 Å². The van der Waals surface area contributed by atoms with Gasteiger partial charge in [0.2, 0.25) is 0 Å². The molecule has 0 spiro atoms. The third-order valence-corrected chi connectivity index (χ3v) is 6.12. The van der Waals surface area contributed by atoms with Crippen LogP contribution in [-0.4, -0.2) is 36.6 Å². The maximum absolute atomic E-state index is 13.4. The van der Waals surface area contributed by atoms with Gasteiger partial charge in [-0.25, -0.2) is 0 Å². The predicted octanol–water partition coefficient (Wildman–Crippen LogP) is 4.79. The van der Waals surface area contributed by atoms with E-state index in [1.54, 1.807) is 30.3 Å². The van der Waals surface area contributed by atoms with Gasteiger partial charge in [-0.2, -0.15) is 0 Å². The lowest BCUT2D eigenvalue weighted by Crippen LogP contribution is -2.30. The number of hydrogen-bond donors (Lipinski definition) is 1. The van der Waals surface area contributed by atoms with Crippen LogP contribution in [0.5, 0.6) is 17.2 Å². The zero-order valence-corrected chi connectivity index (χ0v) is 19.5. The number of ether oxygens (including phenoxy) is 3. The highest BCUT2D eigenvalue weighted by molar-refractivity contribution is 6.51. The molecule has 5 rings (SSSR count). The molecule has 1 fully saturated rings. The molecule has 0 radical (unpaired) electrons. The van der Waals surface area contributed by atoms with Gasteiger partial charge >= 0.3 is 0 Å². The molecule has 1 N–H and O–H groups in total. The van der Waals surface area contributed by atoms with Crippen molar-refractivity contribution in [1.29, 1.82) is 0 Å². The lowest BCUT2D eigenvalue weighted by Gasteiger charge is -2.27. The summed E-state index contributed by atoms with van der Waals surface area (Å²) in [7, 11) is 0. The number of para-hydroxylation sites is 1. The van der Waals surface area contributed by atoms with Crippen LogP contribution in [0, 0.1) is 6.92 Å². The number of rotatable bonds is 5. The van der Waals surface area contributed by atoms with E-state index in [0.717, 1.165) is 5.56 Å². The molecule has 2 heterocycles. The second-order valence-corrected chi connectivity index (χ2v) is 8.32. The lowest BCUT2D eigenvalue weighted by atomic mass is 9.94. The summed E-state index contributed by atoms with van der Waals surface area (Å²) >= 11 is 0. The first-order valence-corrected chi connectivity index (χ1v) is 11.5. The lowest BCUT2D eigenvalue weighted by molar-refractivity contribution is -0.132. The highest BCUT2D eigenvalue weighted by atomic mass is 16.6. The molecule has 0 aliphatic carbocycles. The number of ketones is 1. The number of benzene rings is 3. The Labute approximate surface area is 203 Å². The van der Waals surface area contributed by atoms with Gasteiger partial charge in [0.05, 0.1) is 18.2 Å². The molecule has 178 valence electrons. The van der Waals surface area contributed by atoms with Gasteiger partial charge in [-0.1, -0.05) is 30.3 Å². The van der Waals surface area contributed by atoms with E-state index in [0.29, 0.717) is 53.9 Å². The molecule has 0 bridgehead atoms. The predicted molar refractivity (Wildman–Crippen MR) is 131 cm³/mol. The number of nitrogens with zero attached hydrogens (tertiary/aromatic N) is 1.